The number of phenolic OH excluding ortho intramolecular Hbond substituents is 1. The number of aromatic hydroxyl groups is 1. The Labute approximate surface area is 200 Å². The van der Waals surface area contributed by atoms with E-state index in [4.69, 9.17) is 9.47 Å². The molecule has 0 spiro atoms. The second-order valence-electron chi connectivity index (χ2n) is 9.65. The number of methoxy groups -OCH3 is 1. The fraction of sp³-hybridized carbons (Fsp3) is 0.519. The topological polar surface area (TPSA) is 102 Å². The maximum atomic E-state index is 13.7. The molecule has 182 valence electrons. The van der Waals surface area contributed by atoms with Crippen molar-refractivity contribution in [2.45, 2.75) is 70.8 Å². The maximum Gasteiger partial charge on any atom is 0.337 e. The highest BCUT2D eigenvalue weighted by molar-refractivity contribution is 6.12. The molecule has 34 heavy (non-hydrogen) atoms. The Morgan fingerprint density at radius 1 is 1.12 bits per heavy atom. The number of esters is 2. The van der Waals surface area contributed by atoms with Crippen LogP contribution < -0.4 is 5.32 Å². The first-order valence-electron chi connectivity index (χ1n) is 12.1. The van der Waals surface area contributed by atoms with Crippen molar-refractivity contribution in [2.75, 3.05) is 7.11 Å². The van der Waals surface area contributed by atoms with Gasteiger partial charge in [-0.1, -0.05) is 31.9 Å². The summed E-state index contributed by atoms with van der Waals surface area (Å²) in [5.41, 5.74) is 2.65. The van der Waals surface area contributed by atoms with Crippen LogP contribution in [0.3, 0.4) is 0 Å². The van der Waals surface area contributed by atoms with Crippen molar-refractivity contribution < 1.29 is 29.0 Å². The number of rotatable bonds is 4. The normalized spacial score (nSPS) is 25.9. The zero-order valence-electron chi connectivity index (χ0n) is 20.1. The molecule has 7 nitrogen and oxygen atoms in total. The Bertz CT molecular complexity index is 1050. The van der Waals surface area contributed by atoms with Gasteiger partial charge in [-0.3, -0.25) is 9.59 Å². The van der Waals surface area contributed by atoms with Crippen LogP contribution in [0.4, 0.5) is 0 Å². The van der Waals surface area contributed by atoms with E-state index in [9.17, 15) is 19.5 Å². The van der Waals surface area contributed by atoms with Crippen molar-refractivity contribution in [3.8, 4) is 5.75 Å². The highest BCUT2D eigenvalue weighted by Gasteiger charge is 2.47. The summed E-state index contributed by atoms with van der Waals surface area (Å²) < 4.78 is 10.9. The number of carbonyl (C=O) groups is 3. The van der Waals surface area contributed by atoms with E-state index in [1.807, 2.05) is 13.8 Å². The molecule has 3 atom stereocenters. The standard InChI is InChI=1S/C27H33NO6/c1-15-13-20-24(25(30)21(15)26(31)33-3)23(17-9-8-10-18(29)14-17)22(16(2)28-20)27(32)34-19-11-6-4-5-7-12-19/h8-10,14-15,19,21,23,28-29H,4-7,11-13H2,1-3H3/t15-,21+,23-/m0/s1. The Morgan fingerprint density at radius 3 is 2.47 bits per heavy atom. The van der Waals surface area contributed by atoms with E-state index in [0.29, 0.717) is 34.5 Å². The number of nitrogens with one attached hydrogen (secondary N) is 1. The molecule has 1 fully saturated rings. The lowest BCUT2D eigenvalue weighted by atomic mass is 9.69. The lowest BCUT2D eigenvalue weighted by Crippen LogP contribution is -2.43. The van der Waals surface area contributed by atoms with Gasteiger partial charge in [0.25, 0.3) is 0 Å². The minimum absolute atomic E-state index is 0.0356. The molecule has 0 amide bonds. The summed E-state index contributed by atoms with van der Waals surface area (Å²) in [5.74, 6) is -3.28. The van der Waals surface area contributed by atoms with Crippen molar-refractivity contribution in [3.63, 3.8) is 0 Å². The van der Waals surface area contributed by atoms with E-state index < -0.39 is 23.8 Å². The number of phenols is 1. The SMILES string of the molecule is COC(=O)[C@H]1C(=O)C2=C(C[C@@H]1C)NC(C)=C(C(=O)OC1CCCCCC1)[C@@H]2c1cccc(O)c1. The van der Waals surface area contributed by atoms with Crippen LogP contribution in [-0.4, -0.2) is 36.0 Å². The van der Waals surface area contributed by atoms with Crippen molar-refractivity contribution in [1.29, 1.82) is 0 Å². The van der Waals surface area contributed by atoms with E-state index in [2.05, 4.69) is 5.32 Å². The predicted molar refractivity (Wildman–Crippen MR) is 126 cm³/mol. The first kappa shape index (κ1) is 24.0. The predicted octanol–water partition coefficient (Wildman–Crippen LogP) is 4.27. The number of ketones is 1. The van der Waals surface area contributed by atoms with E-state index >= 15 is 0 Å². The molecule has 3 aliphatic rings. The van der Waals surface area contributed by atoms with Crippen LogP contribution in [0.2, 0.25) is 0 Å². The summed E-state index contributed by atoms with van der Waals surface area (Å²) >= 11 is 0. The number of Topliss-reactive ketones (excluding diaryl/α,β-unsaturated/α-hetero) is 1. The van der Waals surface area contributed by atoms with Crippen LogP contribution >= 0.6 is 0 Å². The number of hydrogen-bond acceptors (Lipinski definition) is 7. The number of hydrogen-bond donors (Lipinski definition) is 2. The quantitative estimate of drug-likeness (QED) is 0.387. The average Bonchev–Trinajstić information content (AvgIpc) is 3.06. The van der Waals surface area contributed by atoms with Gasteiger partial charge in [0.2, 0.25) is 0 Å². The zero-order chi connectivity index (χ0) is 24.4. The third-order valence-electron chi connectivity index (χ3n) is 7.24. The molecule has 0 aromatic heterocycles. The first-order chi connectivity index (χ1) is 16.3. The number of dihydropyridines is 1. The highest BCUT2D eigenvalue weighted by Crippen LogP contribution is 2.46. The van der Waals surface area contributed by atoms with Crippen molar-refractivity contribution in [1.82, 2.24) is 5.32 Å². The number of allylic oxidation sites excluding steroid dienone is 3. The Morgan fingerprint density at radius 2 is 1.82 bits per heavy atom. The van der Waals surface area contributed by atoms with Gasteiger partial charge in [0.15, 0.2) is 5.78 Å². The third-order valence-corrected chi connectivity index (χ3v) is 7.24. The lowest BCUT2D eigenvalue weighted by Gasteiger charge is -2.38. The van der Waals surface area contributed by atoms with Gasteiger partial charge in [-0.2, -0.15) is 0 Å². The molecule has 0 bridgehead atoms. The summed E-state index contributed by atoms with van der Waals surface area (Å²) in [6.07, 6.45) is 6.31. The van der Waals surface area contributed by atoms with Gasteiger partial charge in [-0.25, -0.2) is 4.79 Å². The second-order valence-corrected chi connectivity index (χ2v) is 9.65. The summed E-state index contributed by atoms with van der Waals surface area (Å²) in [5, 5.41) is 13.5. The van der Waals surface area contributed by atoms with Crippen LogP contribution in [0.1, 0.15) is 70.3 Å². The van der Waals surface area contributed by atoms with Crippen molar-refractivity contribution in [2.24, 2.45) is 11.8 Å². The van der Waals surface area contributed by atoms with Gasteiger partial charge in [0.1, 0.15) is 17.8 Å². The summed E-state index contributed by atoms with van der Waals surface area (Å²) in [6.45, 7) is 3.66. The number of carbonyl (C=O) groups excluding carboxylic acids is 3. The van der Waals surface area contributed by atoms with E-state index in [1.54, 1.807) is 24.3 Å². The molecule has 0 radical (unpaired) electrons. The van der Waals surface area contributed by atoms with Gasteiger partial charge in [-0.05, 0) is 62.6 Å². The molecule has 1 aliphatic heterocycles. The Kier molecular flexibility index (Phi) is 7.10. The average molecular weight is 468 g/mol. The van der Waals surface area contributed by atoms with Crippen LogP contribution in [0, 0.1) is 11.8 Å². The second kappa shape index (κ2) is 10.0. The molecule has 1 saturated carbocycles. The molecule has 0 unspecified atom stereocenters. The molecule has 7 heteroatoms. The molecular weight excluding hydrogens is 434 g/mol. The van der Waals surface area contributed by atoms with Crippen LogP contribution in [0.5, 0.6) is 5.75 Å². The molecule has 4 rings (SSSR count). The fourth-order valence-electron chi connectivity index (χ4n) is 5.56. The van der Waals surface area contributed by atoms with Gasteiger partial charge in [-0.15, -0.1) is 0 Å². The van der Waals surface area contributed by atoms with Gasteiger partial charge in [0.05, 0.1) is 12.7 Å². The Hall–Kier alpha value is -3.09. The summed E-state index contributed by atoms with van der Waals surface area (Å²) in [4.78, 5) is 39.8. The smallest absolute Gasteiger partial charge is 0.337 e. The molecule has 2 N–H and O–H groups in total. The maximum absolute atomic E-state index is 13.7. The fourth-order valence-corrected chi connectivity index (χ4v) is 5.56. The monoisotopic (exact) mass is 467 g/mol. The lowest BCUT2D eigenvalue weighted by molar-refractivity contribution is -0.151. The minimum Gasteiger partial charge on any atom is -0.508 e. The Balaban J connectivity index is 1.77. The molecule has 1 aromatic carbocycles. The van der Waals surface area contributed by atoms with Crippen molar-refractivity contribution in [3.05, 3.63) is 52.4 Å². The first-order valence-corrected chi connectivity index (χ1v) is 12.1. The molecule has 1 aromatic rings. The summed E-state index contributed by atoms with van der Waals surface area (Å²) in [6, 6.07) is 6.57. The van der Waals surface area contributed by atoms with E-state index in [1.165, 1.54) is 7.11 Å². The number of ether oxygens (including phenoxy) is 2. The molecule has 0 saturated heterocycles. The molecule has 2 aliphatic carbocycles. The van der Waals surface area contributed by atoms with Crippen molar-refractivity contribution >= 4 is 17.7 Å². The molecule has 1 heterocycles. The number of benzene rings is 1. The van der Waals surface area contributed by atoms with Gasteiger partial charge < -0.3 is 19.9 Å². The van der Waals surface area contributed by atoms with Gasteiger partial charge >= 0.3 is 11.9 Å². The minimum atomic E-state index is -0.942. The van der Waals surface area contributed by atoms with Gasteiger partial charge in [0, 0.05) is 22.9 Å². The van der Waals surface area contributed by atoms with E-state index in [0.717, 1.165) is 38.5 Å². The van der Waals surface area contributed by atoms with Crippen LogP contribution in [-0.2, 0) is 23.9 Å². The molecular formula is C27H33NO6. The zero-order valence-corrected chi connectivity index (χ0v) is 20.1. The van der Waals surface area contributed by atoms with E-state index in [-0.39, 0.29) is 23.6 Å². The van der Waals surface area contributed by atoms with Crippen LogP contribution in [0.25, 0.3) is 0 Å². The third kappa shape index (κ3) is 4.61. The summed E-state index contributed by atoms with van der Waals surface area (Å²) in [7, 11) is 1.28. The largest absolute Gasteiger partial charge is 0.508 e. The van der Waals surface area contributed by atoms with Crippen LogP contribution in [0.15, 0.2) is 46.8 Å². The highest BCUT2D eigenvalue weighted by atomic mass is 16.5.